The van der Waals surface area contributed by atoms with Crippen LogP contribution in [0.5, 0.6) is 0 Å². The van der Waals surface area contributed by atoms with E-state index >= 15 is 0 Å². The minimum absolute atomic E-state index is 0.0464. The van der Waals surface area contributed by atoms with E-state index < -0.39 is 23.5 Å². The Morgan fingerprint density at radius 1 is 1.08 bits per heavy atom. The molecule has 1 N–H and O–H groups in total. The molecule has 2 aliphatic heterocycles. The summed E-state index contributed by atoms with van der Waals surface area (Å²) in [7, 11) is 0. The quantitative estimate of drug-likeness (QED) is 0.814. The average Bonchev–Trinajstić information content (AvgIpc) is 2.81. The van der Waals surface area contributed by atoms with Crippen molar-refractivity contribution in [1.82, 2.24) is 10.2 Å². The van der Waals surface area contributed by atoms with Crippen LogP contribution in [0, 0.1) is 10.8 Å². The van der Waals surface area contributed by atoms with Crippen molar-refractivity contribution in [3.8, 4) is 0 Å². The first-order valence-electron chi connectivity index (χ1n) is 7.91. The fourth-order valence-electron chi connectivity index (χ4n) is 2.85. The monoisotopic (exact) mass is 356 g/mol. The van der Waals surface area contributed by atoms with Gasteiger partial charge in [0.25, 0.3) is 11.1 Å². The Kier molecular flexibility index (Phi) is 4.99. The van der Waals surface area contributed by atoms with Crippen LogP contribution in [0.1, 0.15) is 47.5 Å². The van der Waals surface area contributed by atoms with Crippen LogP contribution in [0.15, 0.2) is 0 Å². The van der Waals surface area contributed by atoms with Gasteiger partial charge in [-0.25, -0.2) is 4.79 Å². The average molecular weight is 356 g/mol. The summed E-state index contributed by atoms with van der Waals surface area (Å²) in [5, 5.41) is 1.47. The number of carbonyl (C=O) groups excluding carboxylic acids is 4. The number of rotatable bonds is 5. The number of imide groups is 2. The molecule has 2 atom stereocenters. The van der Waals surface area contributed by atoms with Crippen molar-refractivity contribution >= 4 is 34.9 Å². The van der Waals surface area contributed by atoms with Gasteiger partial charge in [-0.3, -0.25) is 24.6 Å². The molecular weight excluding hydrogens is 332 g/mol. The van der Waals surface area contributed by atoms with Gasteiger partial charge in [-0.05, 0) is 17.3 Å². The molecule has 0 aromatic carbocycles. The number of cyclic esters (lactones) is 1. The topological polar surface area (TPSA) is 92.8 Å². The summed E-state index contributed by atoms with van der Waals surface area (Å²) in [5.41, 5.74) is -0.593. The number of thioether (sulfide) groups is 1. The molecule has 0 radical (unpaired) electrons. The molecule has 2 unspecified atom stereocenters. The van der Waals surface area contributed by atoms with Crippen LogP contribution in [0.4, 0.5) is 9.59 Å². The van der Waals surface area contributed by atoms with Crippen LogP contribution in [0.25, 0.3) is 0 Å². The Balaban J connectivity index is 2.01. The summed E-state index contributed by atoms with van der Waals surface area (Å²) >= 11 is 1.07. The number of nitrogens with one attached hydrogen (secondary N) is 1. The molecule has 0 aliphatic carbocycles. The minimum Gasteiger partial charge on any atom is -0.436 e. The molecule has 2 heterocycles. The Labute approximate surface area is 145 Å². The van der Waals surface area contributed by atoms with E-state index in [9.17, 15) is 19.2 Å². The number of hydrogen-bond donors (Lipinski definition) is 1. The van der Waals surface area contributed by atoms with Crippen LogP contribution in [0.3, 0.4) is 0 Å². The standard InChI is InChI=1S/C16H24N2O5S/c1-15(2,3)7-10-12(20)18(14(22)24-10)8-16(4,5)6-9-11(19)17-13(21)23-9/h9-10H,6-8H2,1-5H3,(H,17,19,21). The highest BCUT2D eigenvalue weighted by atomic mass is 32.2. The predicted octanol–water partition coefficient (Wildman–Crippen LogP) is 2.54. The normalized spacial score (nSPS) is 25.3. The summed E-state index contributed by atoms with van der Waals surface area (Å²) in [6.07, 6.45) is -0.758. The number of amides is 4. The second-order valence-corrected chi connectivity index (χ2v) is 9.47. The Hall–Kier alpha value is -1.57. The number of alkyl carbamates (subject to hydrolysis) is 1. The maximum Gasteiger partial charge on any atom is 0.414 e. The molecule has 8 heteroatoms. The van der Waals surface area contributed by atoms with Gasteiger partial charge in [0.2, 0.25) is 5.91 Å². The van der Waals surface area contributed by atoms with Crippen molar-refractivity contribution in [2.45, 2.75) is 58.8 Å². The molecule has 2 rings (SSSR count). The smallest absolute Gasteiger partial charge is 0.414 e. The number of hydrogen-bond acceptors (Lipinski definition) is 6. The molecular formula is C16H24N2O5S. The summed E-state index contributed by atoms with van der Waals surface area (Å²) in [4.78, 5) is 48.7. The van der Waals surface area contributed by atoms with E-state index in [0.717, 1.165) is 11.8 Å². The first-order valence-corrected chi connectivity index (χ1v) is 8.79. The fraction of sp³-hybridized carbons (Fsp3) is 0.750. The highest BCUT2D eigenvalue weighted by molar-refractivity contribution is 8.15. The SMILES string of the molecule is CC(C)(C)CC1SC(=O)N(CC(C)(C)CC2OC(=O)NC2=O)C1=O. The van der Waals surface area contributed by atoms with Gasteiger partial charge in [0.15, 0.2) is 6.10 Å². The first kappa shape index (κ1) is 18.8. The molecule has 0 bridgehead atoms. The zero-order chi connectivity index (χ0) is 18.3. The number of carbonyl (C=O) groups is 4. The van der Waals surface area contributed by atoms with E-state index in [4.69, 9.17) is 4.74 Å². The second-order valence-electron chi connectivity index (χ2n) is 8.31. The Bertz CT molecular complexity index is 582. The van der Waals surface area contributed by atoms with Crippen LogP contribution in [-0.4, -0.2) is 45.9 Å². The zero-order valence-electron chi connectivity index (χ0n) is 14.7. The van der Waals surface area contributed by atoms with E-state index in [0.29, 0.717) is 6.42 Å². The Morgan fingerprint density at radius 3 is 2.21 bits per heavy atom. The van der Waals surface area contributed by atoms with Gasteiger partial charge in [0.05, 0.1) is 5.25 Å². The molecule has 2 saturated heterocycles. The first-order chi connectivity index (χ1) is 10.9. The maximum absolute atomic E-state index is 12.5. The van der Waals surface area contributed by atoms with Gasteiger partial charge in [0.1, 0.15) is 0 Å². The van der Waals surface area contributed by atoms with E-state index in [1.54, 1.807) is 0 Å². The van der Waals surface area contributed by atoms with Crippen LogP contribution in [0.2, 0.25) is 0 Å². The van der Waals surface area contributed by atoms with E-state index in [2.05, 4.69) is 5.32 Å². The third kappa shape index (κ3) is 4.49. The van der Waals surface area contributed by atoms with Gasteiger partial charge < -0.3 is 4.74 Å². The fourth-order valence-corrected chi connectivity index (χ4v) is 4.19. The summed E-state index contributed by atoms with van der Waals surface area (Å²) in [6.45, 7) is 9.98. The second kappa shape index (κ2) is 6.38. The van der Waals surface area contributed by atoms with E-state index in [1.807, 2.05) is 34.6 Å². The molecule has 7 nitrogen and oxygen atoms in total. The molecule has 4 amide bonds. The summed E-state index contributed by atoms with van der Waals surface area (Å²) < 4.78 is 4.92. The number of nitrogens with zero attached hydrogens (tertiary/aromatic N) is 1. The zero-order valence-corrected chi connectivity index (χ0v) is 15.5. The van der Waals surface area contributed by atoms with E-state index in [-0.39, 0.29) is 34.8 Å². The van der Waals surface area contributed by atoms with Gasteiger partial charge in [-0.1, -0.05) is 46.4 Å². The lowest BCUT2D eigenvalue weighted by Crippen LogP contribution is -2.41. The summed E-state index contributed by atoms with van der Waals surface area (Å²) in [5.74, 6) is -0.659. The summed E-state index contributed by atoms with van der Waals surface area (Å²) in [6, 6.07) is 0. The predicted molar refractivity (Wildman–Crippen MR) is 89.4 cm³/mol. The van der Waals surface area contributed by atoms with Gasteiger partial charge in [0, 0.05) is 13.0 Å². The van der Waals surface area contributed by atoms with Crippen molar-refractivity contribution in [2.24, 2.45) is 10.8 Å². The highest BCUT2D eigenvalue weighted by Crippen LogP contribution is 2.37. The molecule has 24 heavy (non-hydrogen) atoms. The lowest BCUT2D eigenvalue weighted by atomic mass is 9.85. The third-order valence-corrected chi connectivity index (χ3v) is 4.97. The lowest BCUT2D eigenvalue weighted by Gasteiger charge is -2.30. The molecule has 0 saturated carbocycles. The minimum atomic E-state index is -0.877. The van der Waals surface area contributed by atoms with Crippen LogP contribution < -0.4 is 5.32 Å². The van der Waals surface area contributed by atoms with Gasteiger partial charge in [-0.2, -0.15) is 0 Å². The Morgan fingerprint density at radius 2 is 1.71 bits per heavy atom. The highest BCUT2D eigenvalue weighted by Gasteiger charge is 2.45. The molecule has 0 spiro atoms. The molecule has 0 aromatic rings. The molecule has 0 aromatic heterocycles. The molecule has 134 valence electrons. The van der Waals surface area contributed by atoms with Gasteiger partial charge >= 0.3 is 6.09 Å². The van der Waals surface area contributed by atoms with E-state index in [1.165, 1.54) is 4.90 Å². The largest absolute Gasteiger partial charge is 0.436 e. The third-order valence-electron chi connectivity index (χ3n) is 3.89. The maximum atomic E-state index is 12.5. The van der Waals surface area contributed by atoms with Crippen LogP contribution >= 0.6 is 11.8 Å². The van der Waals surface area contributed by atoms with Crippen molar-refractivity contribution in [3.05, 3.63) is 0 Å². The van der Waals surface area contributed by atoms with Crippen molar-refractivity contribution in [1.29, 1.82) is 0 Å². The molecule has 2 aliphatic rings. The number of ether oxygens (including phenoxy) is 1. The van der Waals surface area contributed by atoms with Crippen LogP contribution in [-0.2, 0) is 14.3 Å². The van der Waals surface area contributed by atoms with Crippen molar-refractivity contribution in [3.63, 3.8) is 0 Å². The molecule has 2 fully saturated rings. The van der Waals surface area contributed by atoms with Crippen molar-refractivity contribution < 1.29 is 23.9 Å². The van der Waals surface area contributed by atoms with Crippen molar-refractivity contribution in [2.75, 3.05) is 6.54 Å². The lowest BCUT2D eigenvalue weighted by molar-refractivity contribution is -0.128. The van der Waals surface area contributed by atoms with Gasteiger partial charge in [-0.15, -0.1) is 0 Å².